The summed E-state index contributed by atoms with van der Waals surface area (Å²) in [6.45, 7) is 3.15. The van der Waals surface area contributed by atoms with Crippen molar-refractivity contribution in [2.45, 2.75) is 24.8 Å². The molecule has 0 spiro atoms. The Kier molecular flexibility index (Phi) is 2.52. The van der Waals surface area contributed by atoms with Crippen LogP contribution in [0.5, 0.6) is 0 Å². The molecule has 14 heavy (non-hydrogen) atoms. The van der Waals surface area contributed by atoms with E-state index in [1.165, 1.54) is 0 Å². The van der Waals surface area contributed by atoms with Crippen molar-refractivity contribution in [3.63, 3.8) is 0 Å². The molecule has 1 aromatic heterocycles. The Morgan fingerprint density at radius 1 is 1.64 bits per heavy atom. The van der Waals surface area contributed by atoms with Crippen LogP contribution in [0.2, 0.25) is 0 Å². The first-order valence-electron chi connectivity index (χ1n) is 5.00. The zero-order valence-corrected chi connectivity index (χ0v) is 8.40. The highest BCUT2D eigenvalue weighted by atomic mass is 16.3. The Balaban J connectivity index is 2.10. The summed E-state index contributed by atoms with van der Waals surface area (Å²) < 4.78 is 0. The quantitative estimate of drug-likeness (QED) is 0.732. The number of hydrogen-bond donors (Lipinski definition) is 2. The molecule has 2 rings (SSSR count). The first-order valence-corrected chi connectivity index (χ1v) is 5.00. The van der Waals surface area contributed by atoms with Crippen molar-refractivity contribution >= 4 is 0 Å². The largest absolute Gasteiger partial charge is 0.394 e. The van der Waals surface area contributed by atoms with Crippen LogP contribution in [0.1, 0.15) is 25.0 Å². The van der Waals surface area contributed by atoms with Gasteiger partial charge in [0.05, 0.1) is 6.61 Å². The molecule has 1 fully saturated rings. The van der Waals surface area contributed by atoms with E-state index in [1.54, 1.807) is 0 Å². The van der Waals surface area contributed by atoms with Crippen molar-refractivity contribution in [2.24, 2.45) is 0 Å². The van der Waals surface area contributed by atoms with Crippen LogP contribution < -0.4 is 5.32 Å². The van der Waals surface area contributed by atoms with Gasteiger partial charge in [0.2, 0.25) is 0 Å². The molecule has 2 N–H and O–H groups in total. The molecule has 0 aliphatic carbocycles. The third-order valence-electron chi connectivity index (χ3n) is 2.93. The molecule has 0 radical (unpaired) electrons. The predicted octanol–water partition coefficient (Wildman–Crippen LogP) is 0.909. The fourth-order valence-electron chi connectivity index (χ4n) is 2.00. The minimum Gasteiger partial charge on any atom is -0.394 e. The fraction of sp³-hybridized carbons (Fsp3) is 0.545. The molecule has 2 unspecified atom stereocenters. The maximum Gasteiger partial charge on any atom is 0.0610 e. The van der Waals surface area contributed by atoms with Gasteiger partial charge in [0.15, 0.2) is 0 Å². The molecule has 3 heteroatoms. The first-order chi connectivity index (χ1) is 6.73. The van der Waals surface area contributed by atoms with Gasteiger partial charge in [-0.2, -0.15) is 0 Å². The maximum absolute atomic E-state index is 9.21. The highest BCUT2D eigenvalue weighted by Crippen LogP contribution is 2.30. The van der Waals surface area contributed by atoms with E-state index in [2.05, 4.69) is 23.3 Å². The van der Waals surface area contributed by atoms with Gasteiger partial charge in [-0.15, -0.1) is 0 Å². The average Bonchev–Trinajstić information content (AvgIpc) is 2.63. The zero-order valence-electron chi connectivity index (χ0n) is 8.40. The summed E-state index contributed by atoms with van der Waals surface area (Å²) in [5.74, 6) is 0.438. The van der Waals surface area contributed by atoms with Crippen LogP contribution in [-0.4, -0.2) is 28.8 Å². The number of aliphatic hydroxyl groups is 1. The van der Waals surface area contributed by atoms with Gasteiger partial charge < -0.3 is 10.4 Å². The van der Waals surface area contributed by atoms with Crippen LogP contribution in [0, 0.1) is 0 Å². The Morgan fingerprint density at radius 2 is 2.50 bits per heavy atom. The van der Waals surface area contributed by atoms with Gasteiger partial charge in [-0.05, 0) is 25.5 Å². The topological polar surface area (TPSA) is 45.2 Å². The second kappa shape index (κ2) is 3.67. The van der Waals surface area contributed by atoms with Gasteiger partial charge in [-0.1, -0.05) is 6.07 Å². The van der Waals surface area contributed by atoms with Crippen molar-refractivity contribution in [2.75, 3.05) is 13.2 Å². The van der Waals surface area contributed by atoms with E-state index in [4.69, 9.17) is 0 Å². The van der Waals surface area contributed by atoms with Gasteiger partial charge in [0, 0.05) is 29.9 Å². The Hall–Kier alpha value is -0.930. The van der Waals surface area contributed by atoms with E-state index in [-0.39, 0.29) is 12.1 Å². The lowest BCUT2D eigenvalue weighted by Gasteiger charge is -2.20. The van der Waals surface area contributed by atoms with Crippen LogP contribution in [0.25, 0.3) is 0 Å². The van der Waals surface area contributed by atoms with E-state index in [0.29, 0.717) is 5.92 Å². The second-order valence-corrected chi connectivity index (χ2v) is 4.26. The van der Waals surface area contributed by atoms with Crippen molar-refractivity contribution in [1.29, 1.82) is 0 Å². The molecule has 2 atom stereocenters. The van der Waals surface area contributed by atoms with Gasteiger partial charge >= 0.3 is 0 Å². The lowest BCUT2D eigenvalue weighted by Crippen LogP contribution is -2.39. The molecule has 0 aromatic carbocycles. The smallest absolute Gasteiger partial charge is 0.0610 e. The summed E-state index contributed by atoms with van der Waals surface area (Å²) >= 11 is 0. The van der Waals surface area contributed by atoms with Gasteiger partial charge in [-0.25, -0.2) is 0 Å². The minimum absolute atomic E-state index is 0.123. The van der Waals surface area contributed by atoms with Gasteiger partial charge in [-0.3, -0.25) is 4.98 Å². The van der Waals surface area contributed by atoms with Gasteiger partial charge in [0.25, 0.3) is 0 Å². The van der Waals surface area contributed by atoms with Crippen molar-refractivity contribution < 1.29 is 5.11 Å². The summed E-state index contributed by atoms with van der Waals surface area (Å²) in [4.78, 5) is 4.34. The van der Waals surface area contributed by atoms with Crippen molar-refractivity contribution in [3.8, 4) is 0 Å². The standard InChI is InChI=1S/C11H16N2O/c1-11(8-14)6-9(7-13-11)10-4-2-3-5-12-10/h2-5,9,13-14H,6-8H2,1H3. The normalized spacial score (nSPS) is 32.0. The lowest BCUT2D eigenvalue weighted by atomic mass is 9.93. The van der Waals surface area contributed by atoms with Gasteiger partial charge in [0.1, 0.15) is 0 Å². The van der Waals surface area contributed by atoms with Crippen LogP contribution in [0.3, 0.4) is 0 Å². The minimum atomic E-state index is -0.123. The number of rotatable bonds is 2. The molecule has 1 aliphatic rings. The molecule has 76 valence electrons. The van der Waals surface area contributed by atoms with E-state index in [0.717, 1.165) is 18.7 Å². The third-order valence-corrected chi connectivity index (χ3v) is 2.93. The average molecular weight is 192 g/mol. The SMILES string of the molecule is CC1(CO)CC(c2ccccn2)CN1. The molecule has 0 bridgehead atoms. The molecule has 0 amide bonds. The zero-order chi connectivity index (χ0) is 10.0. The van der Waals surface area contributed by atoms with Crippen molar-refractivity contribution in [3.05, 3.63) is 30.1 Å². The van der Waals surface area contributed by atoms with Crippen molar-refractivity contribution in [1.82, 2.24) is 10.3 Å². The van der Waals surface area contributed by atoms with Crippen LogP contribution >= 0.6 is 0 Å². The van der Waals surface area contributed by atoms with Crippen LogP contribution in [-0.2, 0) is 0 Å². The highest BCUT2D eigenvalue weighted by Gasteiger charge is 2.34. The van der Waals surface area contributed by atoms with Crippen LogP contribution in [0.4, 0.5) is 0 Å². The van der Waals surface area contributed by atoms with E-state index in [1.807, 2.05) is 18.3 Å². The summed E-state index contributed by atoms with van der Waals surface area (Å²) in [5, 5.41) is 12.5. The maximum atomic E-state index is 9.21. The first kappa shape index (κ1) is 9.62. The Bertz CT molecular complexity index is 301. The Labute approximate surface area is 84.2 Å². The summed E-state index contributed by atoms with van der Waals surface area (Å²) in [7, 11) is 0. The number of aliphatic hydroxyl groups excluding tert-OH is 1. The molecule has 2 heterocycles. The molecule has 1 aromatic rings. The summed E-state index contributed by atoms with van der Waals surface area (Å²) in [5.41, 5.74) is 1.000. The fourth-order valence-corrected chi connectivity index (χ4v) is 2.00. The summed E-state index contributed by atoms with van der Waals surface area (Å²) in [6, 6.07) is 5.99. The Morgan fingerprint density at radius 3 is 3.07 bits per heavy atom. The molecule has 0 saturated carbocycles. The molecular formula is C11H16N2O. The van der Waals surface area contributed by atoms with E-state index >= 15 is 0 Å². The number of nitrogens with one attached hydrogen (secondary N) is 1. The molecule has 1 saturated heterocycles. The molecule has 3 nitrogen and oxygen atoms in total. The predicted molar refractivity (Wildman–Crippen MR) is 55.1 cm³/mol. The number of pyridine rings is 1. The van der Waals surface area contributed by atoms with E-state index < -0.39 is 0 Å². The molecule has 1 aliphatic heterocycles. The van der Waals surface area contributed by atoms with E-state index in [9.17, 15) is 5.11 Å². The molecular weight excluding hydrogens is 176 g/mol. The monoisotopic (exact) mass is 192 g/mol. The number of hydrogen-bond acceptors (Lipinski definition) is 3. The lowest BCUT2D eigenvalue weighted by molar-refractivity contribution is 0.191. The highest BCUT2D eigenvalue weighted by molar-refractivity contribution is 5.14. The summed E-state index contributed by atoms with van der Waals surface area (Å²) in [6.07, 6.45) is 2.78. The number of aromatic nitrogens is 1. The van der Waals surface area contributed by atoms with Crippen LogP contribution in [0.15, 0.2) is 24.4 Å². The third kappa shape index (κ3) is 1.79. The number of nitrogens with zero attached hydrogens (tertiary/aromatic N) is 1. The second-order valence-electron chi connectivity index (χ2n) is 4.26.